The molecule has 0 radical (unpaired) electrons. The normalized spacial score (nSPS) is 18.8. The van der Waals surface area contributed by atoms with Crippen LogP contribution in [0, 0.1) is 5.92 Å². The number of nitrogens with one attached hydrogen (secondary N) is 1. The lowest BCUT2D eigenvalue weighted by molar-refractivity contribution is 0.711. The fourth-order valence-corrected chi connectivity index (χ4v) is 2.57. The summed E-state index contributed by atoms with van der Waals surface area (Å²) in [6.45, 7) is 6.31. The first-order chi connectivity index (χ1) is 12.2. The molecule has 4 heteroatoms. The third-order valence-electron chi connectivity index (χ3n) is 3.91. The predicted molar refractivity (Wildman–Crippen MR) is 109 cm³/mol. The Hall–Kier alpha value is -2.39. The molecule has 1 aliphatic carbocycles. The standard InChI is InChI=1S/C21H24ClN3/c1-4-18(22)14-15-24-21(19-13-9-8-10-16(19)2)25-20(23-3)17-11-6-5-7-12-17/h4-9,11-14,16H,1,10,15H2,2-3H3,(H,23,24,25)/b18-14+/t16-/m0/s1. The van der Waals surface area contributed by atoms with Gasteiger partial charge < -0.3 is 5.32 Å². The van der Waals surface area contributed by atoms with E-state index in [1.807, 2.05) is 43.5 Å². The summed E-state index contributed by atoms with van der Waals surface area (Å²) in [5.74, 6) is 1.90. The van der Waals surface area contributed by atoms with Gasteiger partial charge in [-0.1, -0.05) is 79.7 Å². The van der Waals surface area contributed by atoms with Crippen LogP contribution in [0.2, 0.25) is 0 Å². The van der Waals surface area contributed by atoms with Crippen molar-refractivity contribution in [2.24, 2.45) is 15.9 Å². The zero-order valence-corrected chi connectivity index (χ0v) is 15.5. The largest absolute Gasteiger partial charge is 0.373 e. The van der Waals surface area contributed by atoms with Crippen LogP contribution in [0.5, 0.6) is 0 Å². The van der Waals surface area contributed by atoms with Crippen LogP contribution in [-0.2, 0) is 0 Å². The van der Waals surface area contributed by atoms with E-state index in [2.05, 4.69) is 42.0 Å². The summed E-state index contributed by atoms with van der Waals surface area (Å²) < 4.78 is 0. The summed E-state index contributed by atoms with van der Waals surface area (Å²) in [6.07, 6.45) is 10.7. The van der Waals surface area contributed by atoms with Crippen LogP contribution in [0.1, 0.15) is 18.9 Å². The van der Waals surface area contributed by atoms with Gasteiger partial charge in [0.25, 0.3) is 0 Å². The van der Waals surface area contributed by atoms with E-state index in [4.69, 9.17) is 16.6 Å². The number of rotatable bonds is 5. The first kappa shape index (κ1) is 18.9. The molecule has 3 nitrogen and oxygen atoms in total. The molecule has 1 atom stereocenters. The summed E-state index contributed by atoms with van der Waals surface area (Å²) in [5.41, 5.74) is 2.16. The molecule has 0 aromatic heterocycles. The van der Waals surface area contributed by atoms with Gasteiger partial charge in [-0.15, -0.1) is 0 Å². The van der Waals surface area contributed by atoms with Gasteiger partial charge in [-0.05, 0) is 24.0 Å². The SMILES string of the molecule is C=C/C(Cl)=C\C/N=C(\N=C(/NC)c1ccccc1)C1=CC=CC[C@@H]1C. The molecule has 1 N–H and O–H groups in total. The van der Waals surface area contributed by atoms with E-state index in [0.29, 0.717) is 17.5 Å². The monoisotopic (exact) mass is 353 g/mol. The molecule has 1 aromatic rings. The molecule has 0 unspecified atom stereocenters. The maximum absolute atomic E-state index is 5.99. The molecule has 2 rings (SSSR count). The molecule has 0 amide bonds. The summed E-state index contributed by atoms with van der Waals surface area (Å²) in [5, 5.41) is 3.77. The highest BCUT2D eigenvalue weighted by molar-refractivity contribution is 6.31. The highest BCUT2D eigenvalue weighted by atomic mass is 35.5. The van der Waals surface area contributed by atoms with Crippen LogP contribution >= 0.6 is 11.6 Å². The molecule has 25 heavy (non-hydrogen) atoms. The number of allylic oxidation sites excluding steroid dienone is 5. The van der Waals surface area contributed by atoms with Gasteiger partial charge in [0, 0.05) is 17.6 Å². The number of halogens is 1. The van der Waals surface area contributed by atoms with E-state index >= 15 is 0 Å². The number of nitrogens with zero attached hydrogens (tertiary/aromatic N) is 2. The Balaban J connectivity index is 2.41. The smallest absolute Gasteiger partial charge is 0.153 e. The van der Waals surface area contributed by atoms with Crippen LogP contribution in [0.25, 0.3) is 0 Å². The zero-order valence-electron chi connectivity index (χ0n) is 14.7. The molecule has 0 bridgehead atoms. The van der Waals surface area contributed by atoms with E-state index in [0.717, 1.165) is 29.2 Å². The fourth-order valence-electron chi connectivity index (χ4n) is 2.50. The second kappa shape index (κ2) is 9.80. The third kappa shape index (κ3) is 5.57. The highest BCUT2D eigenvalue weighted by Gasteiger charge is 2.16. The number of aliphatic imine (C=N–C) groups is 2. The van der Waals surface area contributed by atoms with Gasteiger partial charge in [-0.3, -0.25) is 4.99 Å². The number of amidine groups is 2. The maximum Gasteiger partial charge on any atom is 0.153 e. The molecule has 130 valence electrons. The number of benzene rings is 1. The van der Waals surface area contributed by atoms with Gasteiger partial charge in [0.15, 0.2) is 5.84 Å². The Labute approximate surface area is 155 Å². The summed E-state index contributed by atoms with van der Waals surface area (Å²) in [4.78, 5) is 9.49. The van der Waals surface area contributed by atoms with Crippen LogP contribution in [0.3, 0.4) is 0 Å². The summed E-state index contributed by atoms with van der Waals surface area (Å²) in [7, 11) is 1.87. The van der Waals surface area contributed by atoms with Crippen molar-refractivity contribution in [1.82, 2.24) is 5.32 Å². The minimum atomic E-state index is 0.375. The Morgan fingerprint density at radius 2 is 2.12 bits per heavy atom. The maximum atomic E-state index is 5.99. The van der Waals surface area contributed by atoms with Crippen molar-refractivity contribution < 1.29 is 0 Å². The number of hydrogen-bond donors (Lipinski definition) is 1. The molecule has 0 saturated carbocycles. The van der Waals surface area contributed by atoms with Crippen molar-refractivity contribution in [2.45, 2.75) is 13.3 Å². The van der Waals surface area contributed by atoms with E-state index in [1.54, 1.807) is 6.08 Å². The second-order valence-electron chi connectivity index (χ2n) is 5.72. The fraction of sp³-hybridized carbons (Fsp3) is 0.238. The minimum absolute atomic E-state index is 0.375. The molecule has 0 aliphatic heterocycles. The molecule has 0 heterocycles. The topological polar surface area (TPSA) is 36.8 Å². The lowest BCUT2D eigenvalue weighted by Crippen LogP contribution is -2.23. The quantitative estimate of drug-likeness (QED) is 0.457. The lowest BCUT2D eigenvalue weighted by Gasteiger charge is -2.17. The molecular formula is C21H24ClN3. The molecule has 0 saturated heterocycles. The molecule has 1 aliphatic rings. The number of hydrogen-bond acceptors (Lipinski definition) is 1. The van der Waals surface area contributed by atoms with Crippen LogP contribution in [0.15, 0.2) is 87.9 Å². The third-order valence-corrected chi connectivity index (χ3v) is 4.22. The Bertz CT molecular complexity index is 740. The van der Waals surface area contributed by atoms with Crippen molar-refractivity contribution in [3.8, 4) is 0 Å². The van der Waals surface area contributed by atoms with E-state index < -0.39 is 0 Å². The van der Waals surface area contributed by atoms with Crippen molar-refractivity contribution in [2.75, 3.05) is 13.6 Å². The average molecular weight is 354 g/mol. The van der Waals surface area contributed by atoms with Gasteiger partial charge in [0.2, 0.25) is 0 Å². The Morgan fingerprint density at radius 1 is 1.36 bits per heavy atom. The van der Waals surface area contributed by atoms with Crippen LogP contribution < -0.4 is 5.32 Å². The van der Waals surface area contributed by atoms with Gasteiger partial charge in [-0.2, -0.15) is 0 Å². The first-order valence-electron chi connectivity index (χ1n) is 8.37. The first-order valence-corrected chi connectivity index (χ1v) is 8.75. The van der Waals surface area contributed by atoms with Gasteiger partial charge in [-0.25, -0.2) is 4.99 Å². The second-order valence-corrected chi connectivity index (χ2v) is 6.16. The average Bonchev–Trinajstić information content (AvgIpc) is 2.65. The lowest BCUT2D eigenvalue weighted by atomic mass is 9.92. The van der Waals surface area contributed by atoms with Gasteiger partial charge in [0.1, 0.15) is 5.84 Å². The van der Waals surface area contributed by atoms with Crippen molar-refractivity contribution in [3.05, 3.63) is 83.5 Å². The van der Waals surface area contributed by atoms with Gasteiger partial charge >= 0.3 is 0 Å². The van der Waals surface area contributed by atoms with Crippen molar-refractivity contribution in [3.63, 3.8) is 0 Å². The zero-order chi connectivity index (χ0) is 18.1. The molecule has 0 spiro atoms. The van der Waals surface area contributed by atoms with E-state index in [1.165, 1.54) is 0 Å². The summed E-state index contributed by atoms with van der Waals surface area (Å²) >= 11 is 5.99. The van der Waals surface area contributed by atoms with Crippen LogP contribution in [-0.4, -0.2) is 25.3 Å². The van der Waals surface area contributed by atoms with Crippen molar-refractivity contribution >= 4 is 23.3 Å². The van der Waals surface area contributed by atoms with E-state index in [9.17, 15) is 0 Å². The van der Waals surface area contributed by atoms with Crippen molar-refractivity contribution in [1.29, 1.82) is 0 Å². The molecular weight excluding hydrogens is 330 g/mol. The highest BCUT2D eigenvalue weighted by Crippen LogP contribution is 2.22. The minimum Gasteiger partial charge on any atom is -0.373 e. The molecule has 0 fully saturated rings. The predicted octanol–water partition coefficient (Wildman–Crippen LogP) is 4.88. The van der Waals surface area contributed by atoms with E-state index in [-0.39, 0.29) is 0 Å². The Kier molecular flexibility index (Phi) is 7.42. The summed E-state index contributed by atoms with van der Waals surface area (Å²) in [6, 6.07) is 10.0. The Morgan fingerprint density at radius 3 is 2.76 bits per heavy atom. The van der Waals surface area contributed by atoms with Gasteiger partial charge in [0.05, 0.1) is 6.54 Å². The molecule has 1 aromatic carbocycles. The van der Waals surface area contributed by atoms with Crippen LogP contribution in [0.4, 0.5) is 0 Å².